The van der Waals surface area contributed by atoms with Crippen LogP contribution >= 0.6 is 8.53 Å². The number of benzene rings is 3. The van der Waals surface area contributed by atoms with Crippen molar-refractivity contribution in [2.45, 2.75) is 96.2 Å². The number of alkyl halides is 1. The third-order valence-corrected chi connectivity index (χ3v) is 13.3. The van der Waals surface area contributed by atoms with Crippen LogP contribution in [0.1, 0.15) is 75.9 Å². The minimum Gasteiger partial charge on any atom is -0.497 e. The molecule has 2 aliphatic heterocycles. The molecule has 5 atom stereocenters. The average molecular weight is 853 g/mol. The van der Waals surface area contributed by atoms with Gasteiger partial charge in [-0.1, -0.05) is 54.6 Å². The van der Waals surface area contributed by atoms with Gasteiger partial charge in [-0.15, -0.1) is 0 Å². The van der Waals surface area contributed by atoms with Crippen LogP contribution in [0.5, 0.6) is 11.5 Å². The van der Waals surface area contributed by atoms with Crippen LogP contribution in [-0.2, 0) is 35.3 Å². The van der Waals surface area contributed by atoms with Crippen LogP contribution in [0.25, 0.3) is 11.0 Å². The molecular weight excluding hydrogens is 799 g/mol. The first-order valence-corrected chi connectivity index (χ1v) is 21.8. The molecule has 322 valence electrons. The maximum absolute atomic E-state index is 17.8. The summed E-state index contributed by atoms with van der Waals surface area (Å²) in [4.78, 5) is 23.6. The summed E-state index contributed by atoms with van der Waals surface area (Å²) in [6, 6.07) is 27.3. The van der Waals surface area contributed by atoms with Crippen molar-refractivity contribution in [1.82, 2.24) is 19.2 Å². The highest BCUT2D eigenvalue weighted by atomic mass is 31.2. The molecule has 0 saturated carbocycles. The fourth-order valence-electron chi connectivity index (χ4n) is 8.43. The van der Waals surface area contributed by atoms with Gasteiger partial charge in [-0.25, -0.2) is 19.0 Å². The Bertz CT molecular complexity index is 2230. The van der Waals surface area contributed by atoms with E-state index >= 15 is 4.39 Å². The second kappa shape index (κ2) is 19.4. The van der Waals surface area contributed by atoms with Crippen LogP contribution in [0.4, 0.5) is 10.2 Å². The van der Waals surface area contributed by atoms with Crippen molar-refractivity contribution in [2.75, 3.05) is 38.9 Å². The Morgan fingerprint density at radius 3 is 2.16 bits per heavy atom. The van der Waals surface area contributed by atoms with Gasteiger partial charge in [0.1, 0.15) is 47.1 Å². The molecule has 0 spiro atoms. The van der Waals surface area contributed by atoms with Gasteiger partial charge >= 0.3 is 0 Å². The number of methoxy groups -OCH3 is 2. The first kappa shape index (κ1) is 44.1. The molecule has 2 aliphatic rings. The topological polar surface area (TPSA) is 133 Å². The summed E-state index contributed by atoms with van der Waals surface area (Å²) in [5, 5.41) is 10.1. The van der Waals surface area contributed by atoms with Crippen LogP contribution in [0, 0.1) is 11.3 Å². The fraction of sp³-hybridized carbons (Fsp3) is 0.435. The van der Waals surface area contributed by atoms with Gasteiger partial charge in [0.05, 0.1) is 45.3 Å². The molecule has 61 heavy (non-hydrogen) atoms. The van der Waals surface area contributed by atoms with Crippen molar-refractivity contribution in [3.8, 4) is 17.6 Å². The van der Waals surface area contributed by atoms with E-state index in [-0.39, 0.29) is 37.6 Å². The molecule has 5 aromatic rings. The van der Waals surface area contributed by atoms with Crippen molar-refractivity contribution in [2.24, 2.45) is 0 Å². The monoisotopic (exact) mass is 852 g/mol. The zero-order valence-corrected chi connectivity index (χ0v) is 36.6. The third-order valence-electron chi connectivity index (χ3n) is 11.2. The second-order valence-electron chi connectivity index (χ2n) is 15.7. The second-order valence-corrected chi connectivity index (χ2v) is 17.1. The van der Waals surface area contributed by atoms with Gasteiger partial charge in [-0.05, 0) is 87.1 Å². The van der Waals surface area contributed by atoms with Crippen molar-refractivity contribution in [3.05, 3.63) is 114 Å². The molecule has 0 bridgehead atoms. The Morgan fingerprint density at radius 2 is 1.59 bits per heavy atom. The Morgan fingerprint density at radius 1 is 0.967 bits per heavy atom. The number of carbonyl (C=O) groups is 1. The number of rotatable bonds is 17. The lowest BCUT2D eigenvalue weighted by Crippen LogP contribution is -2.41. The van der Waals surface area contributed by atoms with E-state index in [4.69, 9.17) is 28.0 Å². The number of aryl methyl sites for hydroxylation is 1. The van der Waals surface area contributed by atoms with Gasteiger partial charge in [-0.3, -0.25) is 9.69 Å². The van der Waals surface area contributed by atoms with E-state index in [1.165, 1.54) is 13.3 Å². The summed E-state index contributed by atoms with van der Waals surface area (Å²) >= 11 is 0. The van der Waals surface area contributed by atoms with Gasteiger partial charge in [0.2, 0.25) is 5.91 Å². The zero-order chi connectivity index (χ0) is 43.3. The predicted molar refractivity (Wildman–Crippen MR) is 231 cm³/mol. The summed E-state index contributed by atoms with van der Waals surface area (Å²) in [6.07, 6.45) is -0.348. The van der Waals surface area contributed by atoms with Gasteiger partial charge in [-0.2, -0.15) is 5.26 Å². The summed E-state index contributed by atoms with van der Waals surface area (Å²) in [6.45, 7) is 10.1. The van der Waals surface area contributed by atoms with Crippen LogP contribution in [0.2, 0.25) is 0 Å². The minimum absolute atomic E-state index is 0.0317. The zero-order valence-electron chi connectivity index (χ0n) is 35.7. The lowest BCUT2D eigenvalue weighted by Gasteiger charge is -2.39. The first-order chi connectivity index (χ1) is 29.5. The Hall–Kier alpha value is -5.00. The molecule has 1 saturated heterocycles. The maximum atomic E-state index is 17.8. The summed E-state index contributed by atoms with van der Waals surface area (Å²) in [5.41, 5.74) is 2.56. The van der Waals surface area contributed by atoms with Crippen molar-refractivity contribution in [1.29, 1.82) is 5.26 Å². The maximum Gasteiger partial charge on any atom is 0.259 e. The molecule has 15 heteroatoms. The quantitative estimate of drug-likeness (QED) is 0.0506. The van der Waals surface area contributed by atoms with E-state index in [2.05, 4.69) is 20.7 Å². The van der Waals surface area contributed by atoms with Crippen molar-refractivity contribution >= 4 is 31.3 Å². The molecule has 0 aliphatic carbocycles. The standard InChI is InChI=1S/C46H54FN6O7P/c1-30(2)53(31(3)4)61(58-26-12-24-48)60-42-39(59-45(41(42)47)52-27-33-13-11-25-51(32(5)54)43-40(33)44(52)50-29-49-43)28-57-46(34-14-9-8-10-15-34,35-16-20-37(55-6)21-17-35)36-18-22-38(56-7)23-19-36/h8-10,14-23,27,29-31,39,41-42,45H,11-13,25-26,28H2,1-7H3/t39-,41+,42-,45-,61?/m1/s1. The lowest BCUT2D eigenvalue weighted by molar-refractivity contribution is -0.116. The number of nitrogens with zero attached hydrogens (tertiary/aromatic N) is 6. The highest BCUT2D eigenvalue weighted by Gasteiger charge is 2.51. The summed E-state index contributed by atoms with van der Waals surface area (Å²) in [7, 11) is 1.35. The van der Waals surface area contributed by atoms with Crippen LogP contribution < -0.4 is 14.4 Å². The van der Waals surface area contributed by atoms with Crippen molar-refractivity contribution in [3.63, 3.8) is 0 Å². The molecule has 0 radical (unpaired) electrons. The number of carbonyl (C=O) groups excluding carboxylic acids is 1. The van der Waals surface area contributed by atoms with Crippen molar-refractivity contribution < 1.29 is 37.2 Å². The minimum atomic E-state index is -1.89. The van der Waals surface area contributed by atoms with E-state index in [1.807, 2.05) is 113 Å². The normalized spacial score (nSPS) is 19.7. The number of anilines is 1. The van der Waals surface area contributed by atoms with E-state index in [9.17, 15) is 10.1 Å². The number of amides is 1. The highest BCUT2D eigenvalue weighted by molar-refractivity contribution is 7.44. The molecular formula is C46H54FN6O7P. The molecule has 0 N–H and O–H groups in total. The number of halogens is 1. The molecule has 3 aromatic carbocycles. The number of aromatic nitrogens is 3. The summed E-state index contributed by atoms with van der Waals surface area (Å²) < 4.78 is 60.0. The predicted octanol–water partition coefficient (Wildman–Crippen LogP) is 8.65. The largest absolute Gasteiger partial charge is 0.497 e. The molecule has 4 heterocycles. The van der Waals surface area contributed by atoms with Gasteiger partial charge < -0.3 is 32.6 Å². The van der Waals surface area contributed by atoms with Crippen LogP contribution in [0.3, 0.4) is 0 Å². The molecule has 2 aromatic heterocycles. The summed E-state index contributed by atoms with van der Waals surface area (Å²) in [5.74, 6) is 1.72. The van der Waals surface area contributed by atoms with Gasteiger partial charge in [0.15, 0.2) is 12.4 Å². The van der Waals surface area contributed by atoms with Crippen LogP contribution in [-0.4, -0.2) is 89.6 Å². The number of hydrogen-bond acceptors (Lipinski definition) is 11. The molecule has 1 unspecified atom stereocenters. The van der Waals surface area contributed by atoms with E-state index in [0.717, 1.165) is 22.3 Å². The SMILES string of the molecule is COc1ccc(C(OC[C@H]2O[C@@H](n3cc4c5c(ncnc53)N(C(C)=O)CCC4)[C@@H](F)[C@@H]2OP(OCCC#N)N(C(C)C)C(C)C)(c2ccccc2)c2ccc(OC)cc2)cc1. The Labute approximate surface area is 358 Å². The molecule has 13 nitrogen and oxygen atoms in total. The molecule has 1 fully saturated rings. The molecule has 1 amide bonds. The number of hydrogen-bond donors (Lipinski definition) is 0. The fourth-order valence-corrected chi connectivity index (χ4v) is 10.2. The Balaban J connectivity index is 1.35. The number of ether oxygens (including phenoxy) is 4. The molecule has 7 rings (SSSR count). The first-order valence-electron chi connectivity index (χ1n) is 20.7. The van der Waals surface area contributed by atoms with E-state index in [1.54, 1.807) is 23.7 Å². The van der Waals surface area contributed by atoms with E-state index < -0.39 is 38.7 Å². The number of nitriles is 1. The third kappa shape index (κ3) is 8.87. The van der Waals surface area contributed by atoms with Gasteiger partial charge in [0, 0.05) is 31.7 Å². The smallest absolute Gasteiger partial charge is 0.259 e. The average Bonchev–Trinajstić information content (AvgIpc) is 3.71. The van der Waals surface area contributed by atoms with E-state index in [0.29, 0.717) is 47.7 Å². The Kier molecular flexibility index (Phi) is 14.0. The van der Waals surface area contributed by atoms with Gasteiger partial charge in [0.25, 0.3) is 8.53 Å². The van der Waals surface area contributed by atoms with Crippen LogP contribution in [0.15, 0.2) is 91.4 Å². The highest BCUT2D eigenvalue weighted by Crippen LogP contribution is 2.52. The lowest BCUT2D eigenvalue weighted by atomic mass is 9.80.